The Morgan fingerprint density at radius 3 is 2.47 bits per heavy atom. The first-order valence-corrected chi connectivity index (χ1v) is 6.05. The van der Waals surface area contributed by atoms with Gasteiger partial charge >= 0.3 is 0 Å². The van der Waals surface area contributed by atoms with Crippen LogP contribution < -0.4 is 10.5 Å². The summed E-state index contributed by atoms with van der Waals surface area (Å²) in [7, 11) is 1.72. The molecule has 1 aliphatic carbocycles. The summed E-state index contributed by atoms with van der Waals surface area (Å²) in [4.78, 5) is 0. The van der Waals surface area contributed by atoms with Gasteiger partial charge < -0.3 is 10.5 Å². The van der Waals surface area contributed by atoms with Crippen molar-refractivity contribution in [3.05, 3.63) is 42.0 Å². The van der Waals surface area contributed by atoms with Crippen LogP contribution in [-0.4, -0.2) is 12.6 Å². The highest BCUT2D eigenvalue weighted by Gasteiger charge is 2.38. The second-order valence-corrected chi connectivity index (χ2v) is 5.01. The van der Waals surface area contributed by atoms with Crippen LogP contribution in [0.4, 0.5) is 0 Å². The van der Waals surface area contributed by atoms with Crippen molar-refractivity contribution in [2.24, 2.45) is 5.73 Å². The van der Waals surface area contributed by atoms with E-state index in [1.807, 2.05) is 12.1 Å². The molecule has 1 fully saturated rings. The van der Waals surface area contributed by atoms with E-state index in [4.69, 9.17) is 10.5 Å². The second kappa shape index (κ2) is 3.74. The van der Waals surface area contributed by atoms with Crippen molar-refractivity contribution in [1.29, 1.82) is 0 Å². The van der Waals surface area contributed by atoms with E-state index >= 15 is 0 Å². The van der Waals surface area contributed by atoms with E-state index in [0.717, 1.165) is 25.0 Å². The van der Waals surface area contributed by atoms with Crippen LogP contribution in [-0.2, 0) is 6.42 Å². The summed E-state index contributed by atoms with van der Waals surface area (Å²) in [6, 6.07) is 12.6. The Bertz CT molecular complexity index is 558. The topological polar surface area (TPSA) is 35.2 Å². The zero-order valence-corrected chi connectivity index (χ0v) is 10.1. The van der Waals surface area contributed by atoms with Crippen molar-refractivity contribution in [3.63, 3.8) is 0 Å². The fourth-order valence-corrected chi connectivity index (χ4v) is 2.38. The Morgan fingerprint density at radius 1 is 1.12 bits per heavy atom. The molecule has 0 heterocycles. The molecule has 2 N–H and O–H groups in total. The van der Waals surface area contributed by atoms with E-state index in [1.54, 1.807) is 7.11 Å². The first-order valence-electron chi connectivity index (χ1n) is 6.05. The Balaban J connectivity index is 2.12. The molecule has 0 aromatic heterocycles. The highest BCUT2D eigenvalue weighted by atomic mass is 16.5. The first kappa shape index (κ1) is 10.6. The van der Waals surface area contributed by atoms with Crippen LogP contribution in [0.3, 0.4) is 0 Å². The monoisotopic (exact) mass is 227 g/mol. The lowest BCUT2D eigenvalue weighted by Crippen LogP contribution is -2.24. The quantitative estimate of drug-likeness (QED) is 0.875. The van der Waals surface area contributed by atoms with Crippen molar-refractivity contribution in [3.8, 4) is 5.75 Å². The number of hydrogen-bond donors (Lipinski definition) is 1. The number of nitrogens with two attached hydrogens (primary N) is 1. The molecule has 17 heavy (non-hydrogen) atoms. The molecule has 0 amide bonds. The Morgan fingerprint density at radius 2 is 1.82 bits per heavy atom. The number of methoxy groups -OCH3 is 1. The molecule has 0 atom stereocenters. The van der Waals surface area contributed by atoms with Crippen LogP contribution in [0.2, 0.25) is 0 Å². The van der Waals surface area contributed by atoms with Gasteiger partial charge in [0, 0.05) is 10.9 Å². The maximum absolute atomic E-state index is 6.21. The van der Waals surface area contributed by atoms with Gasteiger partial charge in [-0.1, -0.05) is 30.3 Å². The largest absolute Gasteiger partial charge is 0.496 e. The van der Waals surface area contributed by atoms with E-state index in [0.29, 0.717) is 0 Å². The molecule has 88 valence electrons. The SMILES string of the molecule is COc1ccc(CC2(N)CC2)c2ccccc12. The Labute approximate surface area is 101 Å². The minimum absolute atomic E-state index is 0.0529. The van der Waals surface area contributed by atoms with E-state index in [1.165, 1.54) is 16.3 Å². The summed E-state index contributed by atoms with van der Waals surface area (Å²) in [5.41, 5.74) is 7.60. The third-order valence-electron chi connectivity index (χ3n) is 3.63. The number of benzene rings is 2. The lowest BCUT2D eigenvalue weighted by atomic mass is 9.97. The van der Waals surface area contributed by atoms with Gasteiger partial charge in [0.2, 0.25) is 0 Å². The summed E-state index contributed by atoms with van der Waals surface area (Å²) >= 11 is 0. The van der Waals surface area contributed by atoms with Crippen molar-refractivity contribution >= 4 is 10.8 Å². The van der Waals surface area contributed by atoms with Crippen molar-refractivity contribution in [1.82, 2.24) is 0 Å². The third kappa shape index (κ3) is 1.89. The zero-order valence-electron chi connectivity index (χ0n) is 10.1. The van der Waals surface area contributed by atoms with Gasteiger partial charge in [-0.2, -0.15) is 0 Å². The number of fused-ring (bicyclic) bond motifs is 1. The van der Waals surface area contributed by atoms with Gasteiger partial charge in [0.15, 0.2) is 0 Å². The summed E-state index contributed by atoms with van der Waals surface area (Å²) < 4.78 is 5.40. The summed E-state index contributed by atoms with van der Waals surface area (Å²) in [6.45, 7) is 0. The predicted octanol–water partition coefficient (Wildman–Crippen LogP) is 2.88. The molecule has 0 radical (unpaired) electrons. The van der Waals surface area contributed by atoms with Gasteiger partial charge in [0.25, 0.3) is 0 Å². The molecule has 0 saturated heterocycles. The van der Waals surface area contributed by atoms with Gasteiger partial charge in [-0.25, -0.2) is 0 Å². The van der Waals surface area contributed by atoms with Gasteiger partial charge in [0.05, 0.1) is 7.11 Å². The molecule has 0 bridgehead atoms. The molecule has 0 unspecified atom stereocenters. The normalized spacial score (nSPS) is 17.1. The lowest BCUT2D eigenvalue weighted by Gasteiger charge is -2.13. The first-order chi connectivity index (χ1) is 8.22. The molecule has 3 rings (SSSR count). The molecule has 0 aliphatic heterocycles. The zero-order chi connectivity index (χ0) is 11.9. The number of hydrogen-bond acceptors (Lipinski definition) is 2. The average Bonchev–Trinajstić information content (AvgIpc) is 3.08. The molecule has 1 aliphatic rings. The molecule has 2 heteroatoms. The van der Waals surface area contributed by atoms with Crippen LogP contribution >= 0.6 is 0 Å². The minimum Gasteiger partial charge on any atom is -0.496 e. The average molecular weight is 227 g/mol. The standard InChI is InChI=1S/C15H17NO/c1-17-14-7-6-11(10-15(16)8-9-15)12-4-2-3-5-13(12)14/h2-7H,8-10,16H2,1H3. The summed E-state index contributed by atoms with van der Waals surface area (Å²) in [5.74, 6) is 0.936. The van der Waals surface area contributed by atoms with Gasteiger partial charge in [0.1, 0.15) is 5.75 Å². The minimum atomic E-state index is 0.0529. The smallest absolute Gasteiger partial charge is 0.126 e. The second-order valence-electron chi connectivity index (χ2n) is 5.01. The molecular formula is C15H17NO. The van der Waals surface area contributed by atoms with Crippen LogP contribution in [0, 0.1) is 0 Å². The summed E-state index contributed by atoms with van der Waals surface area (Å²) in [6.07, 6.45) is 3.26. The van der Waals surface area contributed by atoms with Crippen molar-refractivity contribution < 1.29 is 4.74 Å². The van der Waals surface area contributed by atoms with Crippen molar-refractivity contribution in [2.45, 2.75) is 24.8 Å². The van der Waals surface area contributed by atoms with Gasteiger partial charge in [-0.15, -0.1) is 0 Å². The maximum Gasteiger partial charge on any atom is 0.126 e. The maximum atomic E-state index is 6.21. The number of rotatable bonds is 3. The molecule has 2 aromatic carbocycles. The van der Waals surface area contributed by atoms with Crippen LogP contribution in [0.1, 0.15) is 18.4 Å². The van der Waals surface area contributed by atoms with Gasteiger partial charge in [-0.3, -0.25) is 0 Å². The number of ether oxygens (including phenoxy) is 1. The highest BCUT2D eigenvalue weighted by Crippen LogP contribution is 2.38. The van der Waals surface area contributed by atoms with E-state index in [-0.39, 0.29) is 5.54 Å². The van der Waals surface area contributed by atoms with Crippen molar-refractivity contribution in [2.75, 3.05) is 7.11 Å². The Kier molecular flexibility index (Phi) is 2.33. The van der Waals surface area contributed by atoms with E-state index < -0.39 is 0 Å². The highest BCUT2D eigenvalue weighted by molar-refractivity contribution is 5.91. The predicted molar refractivity (Wildman–Crippen MR) is 70.4 cm³/mol. The van der Waals surface area contributed by atoms with Gasteiger partial charge in [-0.05, 0) is 36.3 Å². The molecular weight excluding hydrogens is 210 g/mol. The van der Waals surface area contributed by atoms with Crippen LogP contribution in [0.25, 0.3) is 10.8 Å². The third-order valence-corrected chi connectivity index (χ3v) is 3.63. The molecule has 2 nitrogen and oxygen atoms in total. The van der Waals surface area contributed by atoms with E-state index in [9.17, 15) is 0 Å². The van der Waals surface area contributed by atoms with E-state index in [2.05, 4.69) is 24.3 Å². The summed E-state index contributed by atoms with van der Waals surface area (Å²) in [5, 5.41) is 2.44. The molecule has 0 spiro atoms. The lowest BCUT2D eigenvalue weighted by molar-refractivity contribution is 0.419. The fourth-order valence-electron chi connectivity index (χ4n) is 2.38. The Hall–Kier alpha value is -1.54. The molecule has 1 saturated carbocycles. The van der Waals surface area contributed by atoms with Crippen LogP contribution in [0.5, 0.6) is 5.75 Å². The fraction of sp³-hybridized carbons (Fsp3) is 0.333. The van der Waals surface area contributed by atoms with Crippen LogP contribution in [0.15, 0.2) is 36.4 Å². The molecule has 2 aromatic rings.